The Kier molecular flexibility index (Phi) is 3.70. The molecule has 1 N–H and O–H groups in total. The molecule has 1 aromatic carbocycles. The fourth-order valence-corrected chi connectivity index (χ4v) is 2.38. The Morgan fingerprint density at radius 2 is 2.00 bits per heavy atom. The number of benzene rings is 1. The maximum Gasteiger partial charge on any atom is 0.126 e. The highest BCUT2D eigenvalue weighted by molar-refractivity contribution is 5.43. The smallest absolute Gasteiger partial charge is 0.126 e. The zero-order valence-corrected chi connectivity index (χ0v) is 9.91. The summed E-state index contributed by atoms with van der Waals surface area (Å²) in [5.74, 6) is 1.23. The van der Waals surface area contributed by atoms with Crippen molar-refractivity contribution in [1.29, 1.82) is 0 Å². The van der Waals surface area contributed by atoms with Gasteiger partial charge in [0.1, 0.15) is 11.5 Å². The number of aromatic hydroxyl groups is 1. The van der Waals surface area contributed by atoms with Gasteiger partial charge in [-0.1, -0.05) is 19.4 Å². The van der Waals surface area contributed by atoms with E-state index in [9.17, 15) is 5.11 Å². The second-order valence-electron chi connectivity index (χ2n) is 4.49. The Hall–Kier alpha value is -1.18. The highest BCUT2D eigenvalue weighted by atomic mass is 16.5. The van der Waals surface area contributed by atoms with E-state index in [4.69, 9.17) is 4.74 Å². The molecule has 0 unspecified atom stereocenters. The molecule has 0 bridgehead atoms. The maximum atomic E-state index is 9.74. The van der Waals surface area contributed by atoms with Crippen molar-refractivity contribution in [1.82, 2.24) is 0 Å². The van der Waals surface area contributed by atoms with Crippen LogP contribution in [-0.2, 0) is 6.42 Å². The van der Waals surface area contributed by atoms with Gasteiger partial charge in [-0.3, -0.25) is 0 Å². The van der Waals surface area contributed by atoms with Gasteiger partial charge < -0.3 is 9.84 Å². The predicted octanol–water partition coefficient (Wildman–Crippen LogP) is 3.67. The molecule has 88 valence electrons. The lowest BCUT2D eigenvalue weighted by atomic mass is 9.97. The van der Waals surface area contributed by atoms with Crippen LogP contribution >= 0.6 is 0 Å². The third-order valence-electron chi connectivity index (χ3n) is 3.31. The van der Waals surface area contributed by atoms with E-state index in [0.717, 1.165) is 30.6 Å². The highest BCUT2D eigenvalue weighted by Crippen LogP contribution is 2.31. The van der Waals surface area contributed by atoms with Gasteiger partial charge in [0.05, 0.1) is 6.10 Å². The van der Waals surface area contributed by atoms with Crippen molar-refractivity contribution in [3.8, 4) is 11.5 Å². The molecule has 0 saturated heterocycles. The van der Waals surface area contributed by atoms with Crippen molar-refractivity contribution >= 4 is 0 Å². The van der Waals surface area contributed by atoms with E-state index < -0.39 is 0 Å². The van der Waals surface area contributed by atoms with E-state index in [1.165, 1.54) is 19.3 Å². The second kappa shape index (κ2) is 5.24. The number of phenols is 1. The molecule has 1 aromatic rings. The molecular weight excluding hydrogens is 200 g/mol. The van der Waals surface area contributed by atoms with Gasteiger partial charge >= 0.3 is 0 Å². The predicted molar refractivity (Wildman–Crippen MR) is 65.0 cm³/mol. The van der Waals surface area contributed by atoms with Crippen LogP contribution in [0.4, 0.5) is 0 Å². The largest absolute Gasteiger partial charge is 0.508 e. The molecule has 0 aromatic heterocycles. The van der Waals surface area contributed by atoms with Crippen molar-refractivity contribution in [2.75, 3.05) is 0 Å². The Morgan fingerprint density at radius 1 is 1.25 bits per heavy atom. The van der Waals surface area contributed by atoms with Crippen LogP contribution in [0.2, 0.25) is 0 Å². The number of rotatable bonds is 3. The molecule has 0 atom stereocenters. The molecule has 0 spiro atoms. The van der Waals surface area contributed by atoms with Gasteiger partial charge in [0.25, 0.3) is 0 Å². The summed E-state index contributed by atoms with van der Waals surface area (Å²) in [6.07, 6.45) is 7.34. The third kappa shape index (κ3) is 2.49. The third-order valence-corrected chi connectivity index (χ3v) is 3.31. The second-order valence-corrected chi connectivity index (χ2v) is 4.49. The molecule has 0 aliphatic heterocycles. The fraction of sp³-hybridized carbons (Fsp3) is 0.571. The molecule has 1 aliphatic carbocycles. The molecule has 1 saturated carbocycles. The molecule has 16 heavy (non-hydrogen) atoms. The van der Waals surface area contributed by atoms with Crippen molar-refractivity contribution in [3.63, 3.8) is 0 Å². The molecule has 1 aliphatic rings. The number of hydrogen-bond acceptors (Lipinski definition) is 2. The minimum Gasteiger partial charge on any atom is -0.508 e. The van der Waals surface area contributed by atoms with Gasteiger partial charge in [-0.25, -0.2) is 0 Å². The maximum absolute atomic E-state index is 9.74. The first-order valence-corrected chi connectivity index (χ1v) is 6.28. The van der Waals surface area contributed by atoms with E-state index in [1.807, 2.05) is 19.1 Å². The van der Waals surface area contributed by atoms with Crippen LogP contribution in [0, 0.1) is 0 Å². The topological polar surface area (TPSA) is 29.5 Å². The first-order chi connectivity index (χ1) is 7.81. The molecule has 0 heterocycles. The Bertz CT molecular complexity index is 341. The number of ether oxygens (including phenoxy) is 1. The van der Waals surface area contributed by atoms with Crippen LogP contribution in [0.3, 0.4) is 0 Å². The number of phenolic OH excluding ortho intramolecular Hbond substituents is 1. The van der Waals surface area contributed by atoms with Crippen LogP contribution in [0.25, 0.3) is 0 Å². The van der Waals surface area contributed by atoms with E-state index in [-0.39, 0.29) is 0 Å². The van der Waals surface area contributed by atoms with Gasteiger partial charge in [-0.2, -0.15) is 0 Å². The van der Waals surface area contributed by atoms with Crippen LogP contribution in [-0.4, -0.2) is 11.2 Å². The van der Waals surface area contributed by atoms with E-state index in [0.29, 0.717) is 11.9 Å². The van der Waals surface area contributed by atoms with Crippen molar-refractivity contribution in [2.24, 2.45) is 0 Å². The standard InChI is InChI=1S/C14H20O2/c1-2-12-13(15)9-6-10-14(12)16-11-7-4-3-5-8-11/h6,9-11,15H,2-5,7-8H2,1H3. The minimum atomic E-state index is 0.348. The summed E-state index contributed by atoms with van der Waals surface area (Å²) in [6, 6.07) is 5.55. The van der Waals surface area contributed by atoms with E-state index >= 15 is 0 Å². The summed E-state index contributed by atoms with van der Waals surface area (Å²) in [4.78, 5) is 0. The van der Waals surface area contributed by atoms with Crippen molar-refractivity contribution < 1.29 is 9.84 Å². The normalized spacial score (nSPS) is 17.3. The van der Waals surface area contributed by atoms with Crippen LogP contribution in [0.1, 0.15) is 44.6 Å². The molecule has 2 nitrogen and oxygen atoms in total. The first kappa shape index (κ1) is 11.3. The lowest BCUT2D eigenvalue weighted by Gasteiger charge is -2.24. The van der Waals surface area contributed by atoms with Crippen LogP contribution in [0.5, 0.6) is 11.5 Å². The zero-order valence-electron chi connectivity index (χ0n) is 9.91. The van der Waals surface area contributed by atoms with E-state index in [2.05, 4.69) is 0 Å². The van der Waals surface area contributed by atoms with Crippen LogP contribution < -0.4 is 4.74 Å². The molecular formula is C14H20O2. The molecule has 0 amide bonds. The SMILES string of the molecule is CCc1c(O)cccc1OC1CCCCC1. The quantitative estimate of drug-likeness (QED) is 0.842. The molecule has 2 rings (SSSR count). The highest BCUT2D eigenvalue weighted by Gasteiger charge is 2.16. The molecule has 2 heteroatoms. The van der Waals surface area contributed by atoms with Gasteiger partial charge in [0, 0.05) is 5.56 Å². The summed E-state index contributed by atoms with van der Waals surface area (Å²) in [5.41, 5.74) is 0.938. The van der Waals surface area contributed by atoms with Crippen molar-refractivity contribution in [2.45, 2.75) is 51.6 Å². The average Bonchev–Trinajstić information content (AvgIpc) is 2.31. The Labute approximate surface area is 97.3 Å². The van der Waals surface area contributed by atoms with E-state index in [1.54, 1.807) is 6.07 Å². The average molecular weight is 220 g/mol. The summed E-state index contributed by atoms with van der Waals surface area (Å²) >= 11 is 0. The summed E-state index contributed by atoms with van der Waals surface area (Å²) < 4.78 is 6.00. The molecule has 1 fully saturated rings. The summed E-state index contributed by atoms with van der Waals surface area (Å²) in [6.45, 7) is 2.04. The van der Waals surface area contributed by atoms with Gasteiger partial charge in [-0.15, -0.1) is 0 Å². The van der Waals surface area contributed by atoms with Gasteiger partial charge in [0.2, 0.25) is 0 Å². The fourth-order valence-electron chi connectivity index (χ4n) is 2.38. The monoisotopic (exact) mass is 220 g/mol. The summed E-state index contributed by atoms with van der Waals surface area (Å²) in [5, 5.41) is 9.74. The lowest BCUT2D eigenvalue weighted by Crippen LogP contribution is -2.20. The van der Waals surface area contributed by atoms with Gasteiger partial charge in [-0.05, 0) is 44.2 Å². The summed E-state index contributed by atoms with van der Waals surface area (Å²) in [7, 11) is 0. The van der Waals surface area contributed by atoms with Crippen molar-refractivity contribution in [3.05, 3.63) is 23.8 Å². The Balaban J connectivity index is 2.10. The Morgan fingerprint density at radius 3 is 2.69 bits per heavy atom. The minimum absolute atomic E-state index is 0.348. The van der Waals surface area contributed by atoms with Crippen LogP contribution in [0.15, 0.2) is 18.2 Å². The van der Waals surface area contributed by atoms with Gasteiger partial charge in [0.15, 0.2) is 0 Å². The number of hydrogen-bond donors (Lipinski definition) is 1. The zero-order chi connectivity index (χ0) is 11.4. The molecule has 0 radical (unpaired) electrons. The first-order valence-electron chi connectivity index (χ1n) is 6.28. The lowest BCUT2D eigenvalue weighted by molar-refractivity contribution is 0.153.